The molecule has 0 radical (unpaired) electrons. The lowest BCUT2D eigenvalue weighted by molar-refractivity contribution is 0.252. The molecule has 0 amide bonds. The number of ether oxygens (including phenoxy) is 1. The second-order valence-electron chi connectivity index (χ2n) is 5.24. The second kappa shape index (κ2) is 4.51. The standard InChI is InChI=1S/C14H20ClNO/c1-9(2)13-11(15)7-10(8-12(13)17-3)14(16)5-4-6-14/h7-9H,4-6,16H2,1-3H3. The molecule has 2 nitrogen and oxygen atoms in total. The monoisotopic (exact) mass is 253 g/mol. The van der Waals surface area contributed by atoms with Gasteiger partial charge in [0, 0.05) is 16.1 Å². The summed E-state index contributed by atoms with van der Waals surface area (Å²) >= 11 is 6.36. The first-order valence-electron chi connectivity index (χ1n) is 6.15. The molecule has 1 fully saturated rings. The molecule has 1 saturated carbocycles. The van der Waals surface area contributed by atoms with Crippen LogP contribution in [-0.4, -0.2) is 7.11 Å². The molecule has 1 aliphatic rings. The molecule has 0 spiro atoms. The van der Waals surface area contributed by atoms with Gasteiger partial charge in [0.2, 0.25) is 0 Å². The molecule has 2 N–H and O–H groups in total. The number of hydrogen-bond donors (Lipinski definition) is 1. The van der Waals surface area contributed by atoms with Gasteiger partial charge >= 0.3 is 0 Å². The molecular weight excluding hydrogens is 234 g/mol. The Kier molecular flexibility index (Phi) is 3.37. The van der Waals surface area contributed by atoms with Gasteiger partial charge in [0.15, 0.2) is 0 Å². The molecule has 1 aromatic carbocycles. The minimum absolute atomic E-state index is 0.188. The first-order valence-corrected chi connectivity index (χ1v) is 6.52. The number of methoxy groups -OCH3 is 1. The molecule has 2 rings (SSSR count). The number of benzene rings is 1. The van der Waals surface area contributed by atoms with Gasteiger partial charge in [0.05, 0.1) is 7.11 Å². The first-order chi connectivity index (χ1) is 7.98. The molecule has 1 aromatic rings. The summed E-state index contributed by atoms with van der Waals surface area (Å²) in [5, 5.41) is 0.770. The van der Waals surface area contributed by atoms with Crippen molar-refractivity contribution in [3.05, 3.63) is 28.3 Å². The Hall–Kier alpha value is -0.730. The minimum Gasteiger partial charge on any atom is -0.496 e. The van der Waals surface area contributed by atoms with Gasteiger partial charge in [-0.25, -0.2) is 0 Å². The summed E-state index contributed by atoms with van der Waals surface area (Å²) < 4.78 is 5.45. The lowest BCUT2D eigenvalue weighted by Gasteiger charge is -2.39. The van der Waals surface area contributed by atoms with E-state index in [0.29, 0.717) is 5.92 Å². The number of hydrogen-bond acceptors (Lipinski definition) is 2. The fraction of sp³-hybridized carbons (Fsp3) is 0.571. The molecule has 0 unspecified atom stereocenters. The van der Waals surface area contributed by atoms with Crippen LogP contribution in [0.4, 0.5) is 0 Å². The zero-order chi connectivity index (χ0) is 12.6. The van der Waals surface area contributed by atoms with Crippen molar-refractivity contribution in [1.82, 2.24) is 0 Å². The molecule has 0 aliphatic heterocycles. The third-order valence-electron chi connectivity index (χ3n) is 3.71. The smallest absolute Gasteiger partial charge is 0.124 e. The lowest BCUT2D eigenvalue weighted by Crippen LogP contribution is -2.43. The second-order valence-corrected chi connectivity index (χ2v) is 5.65. The van der Waals surface area contributed by atoms with Crippen molar-refractivity contribution in [3.63, 3.8) is 0 Å². The Labute approximate surface area is 108 Å². The van der Waals surface area contributed by atoms with Crippen molar-refractivity contribution < 1.29 is 4.74 Å². The molecule has 3 heteroatoms. The van der Waals surface area contributed by atoms with Crippen molar-refractivity contribution >= 4 is 11.6 Å². The van der Waals surface area contributed by atoms with Crippen LogP contribution in [0.3, 0.4) is 0 Å². The van der Waals surface area contributed by atoms with Crippen LogP contribution in [0.25, 0.3) is 0 Å². The highest BCUT2D eigenvalue weighted by Gasteiger charge is 2.35. The van der Waals surface area contributed by atoms with Crippen LogP contribution >= 0.6 is 11.6 Å². The molecule has 0 atom stereocenters. The Morgan fingerprint density at radius 1 is 1.35 bits per heavy atom. The molecule has 0 saturated heterocycles. The van der Waals surface area contributed by atoms with Crippen LogP contribution in [0.5, 0.6) is 5.75 Å². The molecule has 0 bridgehead atoms. The lowest BCUT2D eigenvalue weighted by atomic mass is 9.72. The fourth-order valence-electron chi connectivity index (χ4n) is 2.46. The van der Waals surface area contributed by atoms with E-state index in [1.54, 1.807) is 7.11 Å². The Morgan fingerprint density at radius 2 is 2.00 bits per heavy atom. The molecule has 94 valence electrons. The summed E-state index contributed by atoms with van der Waals surface area (Å²) in [6.07, 6.45) is 3.27. The van der Waals surface area contributed by atoms with E-state index >= 15 is 0 Å². The first kappa shape index (κ1) is 12.7. The van der Waals surface area contributed by atoms with Gasteiger partial charge in [-0.3, -0.25) is 0 Å². The van der Waals surface area contributed by atoms with Crippen LogP contribution in [0, 0.1) is 0 Å². The van der Waals surface area contributed by atoms with Crippen LogP contribution < -0.4 is 10.5 Å². The van der Waals surface area contributed by atoms with E-state index in [2.05, 4.69) is 19.9 Å². The van der Waals surface area contributed by atoms with Crippen molar-refractivity contribution in [3.8, 4) is 5.75 Å². The Bertz CT molecular complexity index is 424. The summed E-state index contributed by atoms with van der Waals surface area (Å²) in [6.45, 7) is 4.23. The van der Waals surface area contributed by atoms with E-state index in [-0.39, 0.29) is 5.54 Å². The molecule has 0 aromatic heterocycles. The third-order valence-corrected chi connectivity index (χ3v) is 4.02. The summed E-state index contributed by atoms with van der Waals surface area (Å²) in [4.78, 5) is 0. The van der Waals surface area contributed by atoms with Crippen LogP contribution in [0.1, 0.15) is 50.2 Å². The third kappa shape index (κ3) is 2.16. The van der Waals surface area contributed by atoms with E-state index in [1.807, 2.05) is 6.07 Å². The van der Waals surface area contributed by atoms with Crippen LogP contribution in [-0.2, 0) is 5.54 Å². The highest BCUT2D eigenvalue weighted by atomic mass is 35.5. The van der Waals surface area contributed by atoms with Crippen LogP contribution in [0.2, 0.25) is 5.02 Å². The van der Waals surface area contributed by atoms with Gasteiger partial charge in [0.25, 0.3) is 0 Å². The van der Waals surface area contributed by atoms with Crippen LogP contribution in [0.15, 0.2) is 12.1 Å². The number of halogens is 1. The normalized spacial score (nSPS) is 18.0. The highest BCUT2D eigenvalue weighted by Crippen LogP contribution is 2.43. The SMILES string of the molecule is COc1cc(C2(N)CCC2)cc(Cl)c1C(C)C. The Balaban J connectivity index is 2.48. The average molecular weight is 254 g/mol. The summed E-state index contributed by atoms with van der Waals surface area (Å²) in [5.41, 5.74) is 8.32. The van der Waals surface area contributed by atoms with Crippen molar-refractivity contribution in [2.45, 2.75) is 44.6 Å². The topological polar surface area (TPSA) is 35.2 Å². The molecule has 17 heavy (non-hydrogen) atoms. The summed E-state index contributed by atoms with van der Waals surface area (Å²) in [6, 6.07) is 4.07. The maximum Gasteiger partial charge on any atom is 0.124 e. The number of rotatable bonds is 3. The van der Waals surface area contributed by atoms with Gasteiger partial charge in [-0.05, 0) is 42.9 Å². The molecule has 1 aliphatic carbocycles. The summed E-state index contributed by atoms with van der Waals surface area (Å²) in [5.74, 6) is 1.21. The van der Waals surface area contributed by atoms with Crippen molar-refractivity contribution in [2.24, 2.45) is 5.73 Å². The maximum absolute atomic E-state index is 6.36. The van der Waals surface area contributed by atoms with Crippen molar-refractivity contribution in [1.29, 1.82) is 0 Å². The quantitative estimate of drug-likeness (QED) is 0.889. The van der Waals surface area contributed by atoms with Crippen molar-refractivity contribution in [2.75, 3.05) is 7.11 Å². The molecule has 0 heterocycles. The van der Waals surface area contributed by atoms with E-state index in [0.717, 1.165) is 34.7 Å². The van der Waals surface area contributed by atoms with E-state index < -0.39 is 0 Å². The van der Waals surface area contributed by atoms with Gasteiger partial charge in [0.1, 0.15) is 5.75 Å². The average Bonchev–Trinajstić information content (AvgIpc) is 2.23. The Morgan fingerprint density at radius 3 is 2.41 bits per heavy atom. The zero-order valence-electron chi connectivity index (χ0n) is 10.7. The zero-order valence-corrected chi connectivity index (χ0v) is 11.5. The van der Waals surface area contributed by atoms with Gasteiger partial charge < -0.3 is 10.5 Å². The largest absolute Gasteiger partial charge is 0.496 e. The summed E-state index contributed by atoms with van der Waals surface area (Å²) in [7, 11) is 1.69. The maximum atomic E-state index is 6.36. The van der Waals surface area contributed by atoms with Gasteiger partial charge in [-0.15, -0.1) is 0 Å². The van der Waals surface area contributed by atoms with E-state index in [9.17, 15) is 0 Å². The predicted octanol–water partition coefficient (Wildman–Crippen LogP) is 3.81. The molecular formula is C14H20ClNO. The highest BCUT2D eigenvalue weighted by molar-refractivity contribution is 6.31. The van der Waals surface area contributed by atoms with E-state index in [1.165, 1.54) is 6.42 Å². The minimum atomic E-state index is -0.188. The van der Waals surface area contributed by atoms with E-state index in [4.69, 9.17) is 22.1 Å². The van der Waals surface area contributed by atoms with Gasteiger partial charge in [-0.2, -0.15) is 0 Å². The fourth-order valence-corrected chi connectivity index (χ4v) is 2.88. The number of nitrogens with two attached hydrogens (primary N) is 1. The van der Waals surface area contributed by atoms with Gasteiger partial charge in [-0.1, -0.05) is 25.4 Å². The predicted molar refractivity (Wildman–Crippen MR) is 71.8 cm³/mol.